The molecule has 6 heteroatoms. The van der Waals surface area contributed by atoms with E-state index in [2.05, 4.69) is 16.7 Å². The minimum Gasteiger partial charge on any atom is -0.348 e. The number of anilines is 1. The molecule has 2 N–H and O–H groups in total. The van der Waals surface area contributed by atoms with Crippen LogP contribution in [0.25, 0.3) is 0 Å². The lowest BCUT2D eigenvalue weighted by molar-refractivity contribution is 0.0950. The Bertz CT molecular complexity index is 1130. The van der Waals surface area contributed by atoms with Gasteiger partial charge in [0, 0.05) is 41.8 Å². The summed E-state index contributed by atoms with van der Waals surface area (Å²) in [5.74, 6) is 0.103. The van der Waals surface area contributed by atoms with Crippen molar-refractivity contribution in [2.45, 2.75) is 32.2 Å². The van der Waals surface area contributed by atoms with Crippen molar-refractivity contribution in [3.8, 4) is 0 Å². The number of carbonyl (C=O) groups is 2. The number of urea groups is 1. The zero-order valence-corrected chi connectivity index (χ0v) is 19.4. The quantitative estimate of drug-likeness (QED) is 0.490. The van der Waals surface area contributed by atoms with Gasteiger partial charge < -0.3 is 15.5 Å². The summed E-state index contributed by atoms with van der Waals surface area (Å²) >= 11 is 5.92. The van der Waals surface area contributed by atoms with Crippen molar-refractivity contribution >= 4 is 29.2 Å². The number of aryl methyl sites for hydroxylation is 1. The fourth-order valence-corrected chi connectivity index (χ4v) is 4.34. The molecule has 0 bridgehead atoms. The lowest BCUT2D eigenvalue weighted by atomic mass is 9.89. The summed E-state index contributed by atoms with van der Waals surface area (Å²) in [5.41, 5.74) is 4.70. The molecule has 1 aliphatic rings. The highest BCUT2D eigenvalue weighted by Gasteiger charge is 2.25. The summed E-state index contributed by atoms with van der Waals surface area (Å²) in [4.78, 5) is 27.3. The van der Waals surface area contributed by atoms with Crippen molar-refractivity contribution in [1.29, 1.82) is 0 Å². The third-order valence-electron chi connectivity index (χ3n) is 5.96. The van der Waals surface area contributed by atoms with Crippen LogP contribution in [0.1, 0.15) is 45.8 Å². The number of nitrogens with one attached hydrogen (secondary N) is 2. The molecule has 3 aromatic rings. The van der Waals surface area contributed by atoms with Crippen LogP contribution in [-0.2, 0) is 6.54 Å². The van der Waals surface area contributed by atoms with Gasteiger partial charge in [-0.2, -0.15) is 0 Å². The molecule has 1 aliphatic heterocycles. The van der Waals surface area contributed by atoms with Gasteiger partial charge >= 0.3 is 6.03 Å². The van der Waals surface area contributed by atoms with E-state index in [9.17, 15) is 9.59 Å². The number of carbonyl (C=O) groups excluding carboxylic acids is 2. The number of rotatable bonds is 5. The first-order valence-electron chi connectivity index (χ1n) is 11.2. The number of nitrogens with zero attached hydrogens (tertiary/aromatic N) is 1. The third-order valence-corrected chi connectivity index (χ3v) is 6.21. The van der Waals surface area contributed by atoms with E-state index >= 15 is 0 Å². The molecular weight excluding hydrogens is 434 g/mol. The molecule has 0 spiro atoms. The van der Waals surface area contributed by atoms with E-state index in [1.807, 2.05) is 54.3 Å². The summed E-state index contributed by atoms with van der Waals surface area (Å²) in [6.45, 7) is 3.87. The van der Waals surface area contributed by atoms with Gasteiger partial charge in [-0.25, -0.2) is 4.79 Å². The fourth-order valence-electron chi connectivity index (χ4n) is 4.21. The highest BCUT2D eigenvalue weighted by molar-refractivity contribution is 6.30. The maximum atomic E-state index is 12.8. The van der Waals surface area contributed by atoms with Crippen LogP contribution in [0.2, 0.25) is 5.02 Å². The SMILES string of the molecule is Cc1cccc(CNC(=O)c2cccc([C@@H]3CCCN(C(=O)Nc4ccc(Cl)cc4)C3)c2)c1. The van der Waals surface area contributed by atoms with Crippen molar-refractivity contribution in [3.63, 3.8) is 0 Å². The number of piperidine rings is 1. The molecule has 33 heavy (non-hydrogen) atoms. The molecule has 3 amide bonds. The Labute approximate surface area is 199 Å². The molecule has 1 atom stereocenters. The van der Waals surface area contributed by atoms with Crippen molar-refractivity contribution in [2.24, 2.45) is 0 Å². The fraction of sp³-hybridized carbons (Fsp3) is 0.259. The number of benzene rings is 3. The van der Waals surface area contributed by atoms with Gasteiger partial charge in [-0.05, 0) is 67.3 Å². The molecule has 0 radical (unpaired) electrons. The zero-order valence-electron chi connectivity index (χ0n) is 18.7. The summed E-state index contributed by atoms with van der Waals surface area (Å²) < 4.78 is 0. The average Bonchev–Trinajstić information content (AvgIpc) is 2.84. The van der Waals surface area contributed by atoms with Crippen LogP contribution < -0.4 is 10.6 Å². The van der Waals surface area contributed by atoms with Crippen molar-refractivity contribution < 1.29 is 9.59 Å². The Hall–Kier alpha value is -3.31. The van der Waals surface area contributed by atoms with E-state index in [1.54, 1.807) is 24.3 Å². The van der Waals surface area contributed by atoms with Crippen molar-refractivity contribution in [3.05, 3.63) is 100 Å². The largest absolute Gasteiger partial charge is 0.348 e. The molecule has 1 heterocycles. The van der Waals surface area contributed by atoms with Gasteiger partial charge in [0.2, 0.25) is 0 Å². The van der Waals surface area contributed by atoms with E-state index < -0.39 is 0 Å². The normalized spacial score (nSPS) is 15.7. The van der Waals surface area contributed by atoms with Gasteiger partial charge in [0.1, 0.15) is 0 Å². The van der Waals surface area contributed by atoms with Gasteiger partial charge in [-0.3, -0.25) is 4.79 Å². The second-order valence-corrected chi connectivity index (χ2v) is 8.96. The lowest BCUT2D eigenvalue weighted by Crippen LogP contribution is -2.41. The molecule has 0 saturated carbocycles. The smallest absolute Gasteiger partial charge is 0.321 e. The van der Waals surface area contributed by atoms with Gasteiger partial charge in [-0.15, -0.1) is 0 Å². The number of halogens is 1. The number of hydrogen-bond acceptors (Lipinski definition) is 2. The Morgan fingerprint density at radius 2 is 1.82 bits per heavy atom. The predicted molar refractivity (Wildman–Crippen MR) is 133 cm³/mol. The predicted octanol–water partition coefficient (Wildman–Crippen LogP) is 5.99. The number of amides is 3. The minimum atomic E-state index is -0.117. The molecular formula is C27H28ClN3O2. The van der Waals surface area contributed by atoms with Crippen LogP contribution in [0.4, 0.5) is 10.5 Å². The first kappa shape index (κ1) is 22.9. The Kier molecular flexibility index (Phi) is 7.30. The van der Waals surface area contributed by atoms with Crippen LogP contribution in [0.15, 0.2) is 72.8 Å². The van der Waals surface area contributed by atoms with Crippen LogP contribution in [0.5, 0.6) is 0 Å². The average molecular weight is 462 g/mol. The first-order chi connectivity index (χ1) is 16.0. The molecule has 0 unspecified atom stereocenters. The van der Waals surface area contributed by atoms with Crippen LogP contribution in [0.3, 0.4) is 0 Å². The standard InChI is InChI=1S/C27H28ClN3O2/c1-19-5-2-6-20(15-19)17-29-26(32)22-8-3-7-21(16-22)23-9-4-14-31(18-23)27(33)30-25-12-10-24(28)11-13-25/h2-3,5-8,10-13,15-16,23H,4,9,14,17-18H2,1H3,(H,29,32)(H,30,33)/t23-/m1/s1. The molecule has 1 fully saturated rings. The van der Waals surface area contributed by atoms with E-state index in [-0.39, 0.29) is 17.9 Å². The number of hydrogen-bond donors (Lipinski definition) is 2. The second kappa shape index (κ2) is 10.5. The molecule has 1 saturated heterocycles. The molecule has 4 rings (SSSR count). The molecule has 170 valence electrons. The van der Waals surface area contributed by atoms with E-state index in [4.69, 9.17) is 11.6 Å². The summed E-state index contributed by atoms with van der Waals surface area (Å²) in [6, 6.07) is 22.9. The summed E-state index contributed by atoms with van der Waals surface area (Å²) in [7, 11) is 0. The van der Waals surface area contributed by atoms with Crippen LogP contribution >= 0.6 is 11.6 Å². The Balaban J connectivity index is 1.38. The second-order valence-electron chi connectivity index (χ2n) is 8.52. The van der Waals surface area contributed by atoms with Gasteiger partial charge in [0.25, 0.3) is 5.91 Å². The highest BCUT2D eigenvalue weighted by atomic mass is 35.5. The van der Waals surface area contributed by atoms with E-state index in [1.165, 1.54) is 5.56 Å². The molecule has 3 aromatic carbocycles. The van der Waals surface area contributed by atoms with Crippen LogP contribution in [0, 0.1) is 6.92 Å². The van der Waals surface area contributed by atoms with Crippen molar-refractivity contribution in [2.75, 3.05) is 18.4 Å². The van der Waals surface area contributed by atoms with Crippen molar-refractivity contribution in [1.82, 2.24) is 10.2 Å². The Morgan fingerprint density at radius 3 is 2.61 bits per heavy atom. The summed E-state index contributed by atoms with van der Waals surface area (Å²) in [5, 5.41) is 6.58. The maximum absolute atomic E-state index is 12.8. The third kappa shape index (κ3) is 6.14. The topological polar surface area (TPSA) is 61.4 Å². The first-order valence-corrected chi connectivity index (χ1v) is 11.6. The van der Waals surface area contributed by atoms with Gasteiger partial charge in [0.15, 0.2) is 0 Å². The number of likely N-dealkylation sites (tertiary alicyclic amines) is 1. The zero-order chi connectivity index (χ0) is 23.2. The lowest BCUT2D eigenvalue weighted by Gasteiger charge is -2.33. The Morgan fingerprint density at radius 1 is 1.03 bits per heavy atom. The molecule has 0 aromatic heterocycles. The van der Waals surface area contributed by atoms with E-state index in [0.717, 1.165) is 29.7 Å². The van der Waals surface area contributed by atoms with Gasteiger partial charge in [0.05, 0.1) is 0 Å². The molecule has 5 nitrogen and oxygen atoms in total. The highest BCUT2D eigenvalue weighted by Crippen LogP contribution is 2.28. The van der Waals surface area contributed by atoms with Crippen LogP contribution in [-0.4, -0.2) is 29.9 Å². The van der Waals surface area contributed by atoms with E-state index in [0.29, 0.717) is 30.2 Å². The monoisotopic (exact) mass is 461 g/mol. The molecule has 0 aliphatic carbocycles. The minimum absolute atomic E-state index is 0.0912. The summed E-state index contributed by atoms with van der Waals surface area (Å²) in [6.07, 6.45) is 1.90. The van der Waals surface area contributed by atoms with Gasteiger partial charge in [-0.1, -0.05) is 53.6 Å². The maximum Gasteiger partial charge on any atom is 0.321 e.